The van der Waals surface area contributed by atoms with E-state index in [0.29, 0.717) is 0 Å². The van der Waals surface area contributed by atoms with Crippen molar-refractivity contribution in [3.8, 4) is 22.6 Å². The molecule has 2 aromatic carbocycles. The molecule has 0 fully saturated rings. The van der Waals surface area contributed by atoms with E-state index in [2.05, 4.69) is 54.5 Å². The van der Waals surface area contributed by atoms with Crippen molar-refractivity contribution in [1.29, 1.82) is 0 Å². The van der Waals surface area contributed by atoms with E-state index >= 15 is 0 Å². The predicted octanol–water partition coefficient (Wildman–Crippen LogP) is 4.59. The van der Waals surface area contributed by atoms with Crippen LogP contribution in [0.2, 0.25) is 0 Å². The van der Waals surface area contributed by atoms with Crippen molar-refractivity contribution in [2.45, 2.75) is 33.1 Å². The number of unbranched alkanes of at least 4 members (excludes halogenated alkanes) is 1. The van der Waals surface area contributed by atoms with Crippen LogP contribution >= 0.6 is 0 Å². The van der Waals surface area contributed by atoms with Gasteiger partial charge in [0, 0.05) is 5.56 Å². The maximum absolute atomic E-state index is 5.26. The normalized spacial score (nSPS) is 10.8. The molecular formula is C20H23N3O. The Labute approximate surface area is 143 Å². The Morgan fingerprint density at radius 3 is 2.58 bits per heavy atom. The lowest BCUT2D eigenvalue weighted by Crippen LogP contribution is -2.01. The highest BCUT2D eigenvalue weighted by molar-refractivity contribution is 5.75. The van der Waals surface area contributed by atoms with Gasteiger partial charge >= 0.3 is 0 Å². The third-order valence-corrected chi connectivity index (χ3v) is 4.20. The van der Waals surface area contributed by atoms with Crippen LogP contribution in [0, 0.1) is 6.92 Å². The first-order valence-electron chi connectivity index (χ1n) is 8.38. The van der Waals surface area contributed by atoms with Gasteiger partial charge in [0.1, 0.15) is 5.75 Å². The summed E-state index contributed by atoms with van der Waals surface area (Å²) in [5.41, 5.74) is 5.58. The summed E-state index contributed by atoms with van der Waals surface area (Å²) >= 11 is 0. The molecule has 3 rings (SSSR count). The van der Waals surface area contributed by atoms with Crippen molar-refractivity contribution in [2.75, 3.05) is 7.11 Å². The number of hydrogen-bond donors (Lipinski definition) is 0. The smallest absolute Gasteiger partial charge is 0.118 e. The van der Waals surface area contributed by atoms with Gasteiger partial charge in [0.05, 0.1) is 24.7 Å². The molecule has 0 bridgehead atoms. The van der Waals surface area contributed by atoms with E-state index in [-0.39, 0.29) is 0 Å². The number of aryl methyl sites for hydroxylation is 2. The van der Waals surface area contributed by atoms with Gasteiger partial charge in [0.25, 0.3) is 0 Å². The highest BCUT2D eigenvalue weighted by Gasteiger charge is 2.12. The maximum atomic E-state index is 5.26. The van der Waals surface area contributed by atoms with Gasteiger partial charge in [-0.3, -0.25) is 0 Å². The number of benzene rings is 2. The number of ether oxygens (including phenoxy) is 1. The van der Waals surface area contributed by atoms with Crippen LogP contribution < -0.4 is 4.74 Å². The molecule has 24 heavy (non-hydrogen) atoms. The molecule has 4 nitrogen and oxygen atoms in total. The molecule has 0 saturated heterocycles. The predicted molar refractivity (Wildman–Crippen MR) is 96.7 cm³/mol. The molecule has 0 unspecified atom stereocenters. The zero-order chi connectivity index (χ0) is 16.9. The number of para-hydroxylation sites is 1. The second kappa shape index (κ2) is 7.30. The van der Waals surface area contributed by atoms with Crippen molar-refractivity contribution < 1.29 is 4.74 Å². The molecular weight excluding hydrogens is 298 g/mol. The molecule has 0 saturated carbocycles. The summed E-state index contributed by atoms with van der Waals surface area (Å²) in [6, 6.07) is 14.4. The SMILES string of the molecule is CCCCc1cn(-c2c(C)cccc2-c2ccc(OC)cc2)nn1. The van der Waals surface area contributed by atoms with Gasteiger partial charge in [0.2, 0.25) is 0 Å². The highest BCUT2D eigenvalue weighted by Crippen LogP contribution is 2.30. The van der Waals surface area contributed by atoms with Crippen LogP contribution in [0.25, 0.3) is 16.8 Å². The standard InChI is InChI=1S/C20H23N3O/c1-4-5-8-17-14-23(22-21-17)20-15(2)7-6-9-19(20)16-10-12-18(24-3)13-11-16/h6-7,9-14H,4-5,8H2,1-3H3. The number of aromatic nitrogens is 3. The third-order valence-electron chi connectivity index (χ3n) is 4.20. The Morgan fingerprint density at radius 2 is 1.88 bits per heavy atom. The van der Waals surface area contributed by atoms with E-state index in [9.17, 15) is 0 Å². The van der Waals surface area contributed by atoms with Crippen LogP contribution in [0.4, 0.5) is 0 Å². The fourth-order valence-electron chi connectivity index (χ4n) is 2.85. The molecule has 0 radical (unpaired) electrons. The summed E-state index contributed by atoms with van der Waals surface area (Å²) in [4.78, 5) is 0. The number of nitrogens with zero attached hydrogens (tertiary/aromatic N) is 3. The first-order chi connectivity index (χ1) is 11.7. The van der Waals surface area contributed by atoms with Crippen LogP contribution in [0.3, 0.4) is 0 Å². The van der Waals surface area contributed by atoms with E-state index in [1.165, 1.54) is 5.56 Å². The molecule has 3 aromatic rings. The second-order valence-corrected chi connectivity index (χ2v) is 5.96. The number of methoxy groups -OCH3 is 1. The van der Waals surface area contributed by atoms with Crippen molar-refractivity contribution in [3.63, 3.8) is 0 Å². The molecule has 0 N–H and O–H groups in total. The number of rotatable bonds is 6. The summed E-state index contributed by atoms with van der Waals surface area (Å²) in [6.45, 7) is 4.29. The van der Waals surface area contributed by atoms with Crippen molar-refractivity contribution >= 4 is 0 Å². The Bertz CT molecular complexity index is 806. The van der Waals surface area contributed by atoms with Crippen LogP contribution in [0.5, 0.6) is 5.75 Å². The molecule has 124 valence electrons. The van der Waals surface area contributed by atoms with Gasteiger partial charge in [-0.25, -0.2) is 4.68 Å². The quantitative estimate of drug-likeness (QED) is 0.666. The van der Waals surface area contributed by atoms with E-state index in [1.807, 2.05) is 23.0 Å². The van der Waals surface area contributed by atoms with E-state index in [1.54, 1.807) is 7.11 Å². The summed E-state index contributed by atoms with van der Waals surface area (Å²) in [5, 5.41) is 8.69. The second-order valence-electron chi connectivity index (χ2n) is 5.96. The zero-order valence-corrected chi connectivity index (χ0v) is 14.5. The van der Waals surface area contributed by atoms with E-state index in [4.69, 9.17) is 4.74 Å². The lowest BCUT2D eigenvalue weighted by Gasteiger charge is -2.12. The molecule has 0 spiro atoms. The molecule has 4 heteroatoms. The highest BCUT2D eigenvalue weighted by atomic mass is 16.5. The van der Waals surface area contributed by atoms with E-state index < -0.39 is 0 Å². The summed E-state index contributed by atoms with van der Waals surface area (Å²) in [5.74, 6) is 0.857. The summed E-state index contributed by atoms with van der Waals surface area (Å²) < 4.78 is 7.16. The lowest BCUT2D eigenvalue weighted by molar-refractivity contribution is 0.415. The minimum atomic E-state index is 0.857. The summed E-state index contributed by atoms with van der Waals surface area (Å²) in [7, 11) is 1.68. The first kappa shape index (κ1) is 16.2. The maximum Gasteiger partial charge on any atom is 0.118 e. The Balaban J connectivity index is 2.02. The molecule has 1 heterocycles. The van der Waals surface area contributed by atoms with Crippen LogP contribution in [0.1, 0.15) is 31.0 Å². The van der Waals surface area contributed by atoms with Gasteiger partial charge in [-0.2, -0.15) is 0 Å². The largest absolute Gasteiger partial charge is 0.497 e. The fraction of sp³-hybridized carbons (Fsp3) is 0.300. The fourth-order valence-corrected chi connectivity index (χ4v) is 2.85. The zero-order valence-electron chi connectivity index (χ0n) is 14.5. The van der Waals surface area contributed by atoms with Crippen LogP contribution in [-0.4, -0.2) is 22.1 Å². The Hall–Kier alpha value is -2.62. The molecule has 0 amide bonds. The van der Waals surface area contributed by atoms with Crippen molar-refractivity contribution in [1.82, 2.24) is 15.0 Å². The first-order valence-corrected chi connectivity index (χ1v) is 8.38. The molecule has 0 aliphatic rings. The van der Waals surface area contributed by atoms with Crippen LogP contribution in [0.15, 0.2) is 48.7 Å². The topological polar surface area (TPSA) is 39.9 Å². The molecule has 0 aliphatic carbocycles. The third kappa shape index (κ3) is 3.32. The van der Waals surface area contributed by atoms with E-state index in [0.717, 1.165) is 47.5 Å². The monoisotopic (exact) mass is 321 g/mol. The molecule has 0 atom stereocenters. The van der Waals surface area contributed by atoms with Gasteiger partial charge in [-0.05, 0) is 43.0 Å². The van der Waals surface area contributed by atoms with Gasteiger partial charge in [-0.1, -0.05) is 48.9 Å². The Morgan fingerprint density at radius 1 is 1.08 bits per heavy atom. The van der Waals surface area contributed by atoms with Crippen molar-refractivity contribution in [2.24, 2.45) is 0 Å². The van der Waals surface area contributed by atoms with Crippen LogP contribution in [-0.2, 0) is 6.42 Å². The minimum absolute atomic E-state index is 0.857. The molecule has 1 aromatic heterocycles. The summed E-state index contributed by atoms with van der Waals surface area (Å²) in [6.07, 6.45) is 5.32. The Kier molecular flexibility index (Phi) is 4.94. The van der Waals surface area contributed by atoms with Gasteiger partial charge < -0.3 is 4.74 Å². The molecule has 0 aliphatic heterocycles. The number of hydrogen-bond acceptors (Lipinski definition) is 3. The average molecular weight is 321 g/mol. The van der Waals surface area contributed by atoms with Gasteiger partial charge in [0.15, 0.2) is 0 Å². The average Bonchev–Trinajstić information content (AvgIpc) is 3.08. The minimum Gasteiger partial charge on any atom is -0.497 e. The van der Waals surface area contributed by atoms with Crippen molar-refractivity contribution in [3.05, 3.63) is 59.9 Å². The lowest BCUT2D eigenvalue weighted by atomic mass is 10.0. The van der Waals surface area contributed by atoms with Gasteiger partial charge in [-0.15, -0.1) is 5.10 Å².